The van der Waals surface area contributed by atoms with Crippen molar-refractivity contribution in [3.05, 3.63) is 72.3 Å². The molecule has 4 rings (SSSR count). The number of rotatable bonds is 4. The molecular weight excluding hydrogens is 378 g/mol. The second-order valence-corrected chi connectivity index (χ2v) is 8.35. The average Bonchev–Trinajstić information content (AvgIpc) is 2.75. The van der Waals surface area contributed by atoms with Crippen molar-refractivity contribution in [1.29, 1.82) is 0 Å². The van der Waals surface area contributed by atoms with Crippen LogP contribution in [0.5, 0.6) is 5.75 Å². The normalized spacial score (nSPS) is 15.4. The minimum atomic E-state index is -3.59. The minimum absolute atomic E-state index is 0.149. The lowest BCUT2D eigenvalue weighted by Gasteiger charge is -2.26. The standard InChI is InChI=1S/C21H19NO5S/c23-21(27-20-7-3-5-16-4-1-2-6-19(16)20)17-8-10-18(11-9-17)28(24,25)22-12-14-26-15-13-22/h1-11H,12-15H2. The third-order valence-electron chi connectivity index (χ3n) is 4.65. The summed E-state index contributed by atoms with van der Waals surface area (Å²) in [6, 6.07) is 18.9. The molecule has 1 heterocycles. The summed E-state index contributed by atoms with van der Waals surface area (Å²) in [6.07, 6.45) is 0. The Kier molecular flexibility index (Phi) is 5.13. The first-order chi connectivity index (χ1) is 13.6. The molecule has 0 aliphatic carbocycles. The number of fused-ring (bicyclic) bond motifs is 1. The van der Waals surface area contributed by atoms with Crippen LogP contribution in [0.1, 0.15) is 10.4 Å². The van der Waals surface area contributed by atoms with Crippen molar-refractivity contribution in [3.8, 4) is 5.75 Å². The van der Waals surface area contributed by atoms with E-state index < -0.39 is 16.0 Å². The number of esters is 1. The first-order valence-corrected chi connectivity index (χ1v) is 10.4. The van der Waals surface area contributed by atoms with E-state index >= 15 is 0 Å². The zero-order chi connectivity index (χ0) is 19.6. The maximum atomic E-state index is 12.7. The number of benzene rings is 3. The van der Waals surface area contributed by atoms with E-state index in [4.69, 9.17) is 9.47 Å². The quantitative estimate of drug-likeness (QED) is 0.500. The molecule has 0 spiro atoms. The number of ether oxygens (including phenoxy) is 2. The highest BCUT2D eigenvalue weighted by molar-refractivity contribution is 7.89. The van der Waals surface area contributed by atoms with Gasteiger partial charge in [-0.1, -0.05) is 36.4 Å². The summed E-state index contributed by atoms with van der Waals surface area (Å²) >= 11 is 0. The van der Waals surface area contributed by atoms with Gasteiger partial charge in [0.2, 0.25) is 10.0 Å². The van der Waals surface area contributed by atoms with E-state index in [1.165, 1.54) is 28.6 Å². The lowest BCUT2D eigenvalue weighted by atomic mass is 10.1. The number of hydrogen-bond acceptors (Lipinski definition) is 5. The van der Waals surface area contributed by atoms with Crippen molar-refractivity contribution >= 4 is 26.8 Å². The molecule has 3 aromatic carbocycles. The van der Waals surface area contributed by atoms with Crippen LogP contribution in [0.2, 0.25) is 0 Å². The summed E-state index contributed by atoms with van der Waals surface area (Å²) in [4.78, 5) is 12.7. The third kappa shape index (κ3) is 3.64. The zero-order valence-corrected chi connectivity index (χ0v) is 15.9. The Balaban J connectivity index is 1.54. The van der Waals surface area contributed by atoms with Gasteiger partial charge in [0.1, 0.15) is 5.75 Å². The Bertz CT molecular complexity index is 1100. The lowest BCUT2D eigenvalue weighted by molar-refractivity contribution is 0.0730. The van der Waals surface area contributed by atoms with Crippen molar-refractivity contribution in [2.45, 2.75) is 4.90 Å². The van der Waals surface area contributed by atoms with Crippen LogP contribution in [-0.2, 0) is 14.8 Å². The maximum absolute atomic E-state index is 12.7. The number of nitrogens with zero attached hydrogens (tertiary/aromatic N) is 1. The molecule has 1 fully saturated rings. The van der Waals surface area contributed by atoms with Gasteiger partial charge < -0.3 is 9.47 Å². The molecule has 0 amide bonds. The summed E-state index contributed by atoms with van der Waals surface area (Å²) in [6.45, 7) is 1.42. The Labute approximate surface area is 163 Å². The molecule has 0 saturated carbocycles. The number of sulfonamides is 1. The van der Waals surface area contributed by atoms with E-state index in [0.717, 1.165) is 10.8 Å². The Morgan fingerprint density at radius 3 is 2.32 bits per heavy atom. The topological polar surface area (TPSA) is 72.9 Å². The molecule has 3 aromatic rings. The SMILES string of the molecule is O=C(Oc1cccc2ccccc12)c1ccc(S(=O)(=O)N2CCOCC2)cc1. The van der Waals surface area contributed by atoms with Gasteiger partial charge in [-0.25, -0.2) is 13.2 Å². The second kappa shape index (κ2) is 7.71. The predicted octanol–water partition coefficient (Wildman–Crippen LogP) is 3.08. The van der Waals surface area contributed by atoms with Gasteiger partial charge in [0.05, 0.1) is 23.7 Å². The first kappa shape index (κ1) is 18.6. The molecule has 0 unspecified atom stereocenters. The average molecular weight is 397 g/mol. The number of carbonyl (C=O) groups excluding carboxylic acids is 1. The molecule has 1 saturated heterocycles. The van der Waals surface area contributed by atoms with Crippen molar-refractivity contribution in [3.63, 3.8) is 0 Å². The summed E-state index contributed by atoms with van der Waals surface area (Å²) in [5, 5.41) is 1.81. The van der Waals surface area contributed by atoms with Gasteiger partial charge in [-0.15, -0.1) is 0 Å². The van der Waals surface area contributed by atoms with E-state index in [0.29, 0.717) is 32.1 Å². The molecular formula is C21H19NO5S. The van der Waals surface area contributed by atoms with E-state index in [2.05, 4.69) is 0 Å². The molecule has 0 bridgehead atoms. The molecule has 0 N–H and O–H groups in total. The van der Waals surface area contributed by atoms with Gasteiger partial charge in [-0.3, -0.25) is 0 Å². The molecule has 0 atom stereocenters. The van der Waals surface area contributed by atoms with Crippen molar-refractivity contribution < 1.29 is 22.7 Å². The van der Waals surface area contributed by atoms with Crippen LogP contribution in [0.25, 0.3) is 10.8 Å². The van der Waals surface area contributed by atoms with Crippen LogP contribution in [0.3, 0.4) is 0 Å². The van der Waals surface area contributed by atoms with Gasteiger partial charge in [0.15, 0.2) is 0 Å². The maximum Gasteiger partial charge on any atom is 0.343 e. The van der Waals surface area contributed by atoms with Crippen LogP contribution >= 0.6 is 0 Å². The monoisotopic (exact) mass is 397 g/mol. The summed E-state index contributed by atoms with van der Waals surface area (Å²) < 4.78 is 37.5. The van der Waals surface area contributed by atoms with Crippen LogP contribution in [0, 0.1) is 0 Å². The van der Waals surface area contributed by atoms with Crippen LogP contribution in [-0.4, -0.2) is 45.0 Å². The van der Waals surface area contributed by atoms with E-state index in [-0.39, 0.29) is 10.5 Å². The van der Waals surface area contributed by atoms with Crippen LogP contribution < -0.4 is 4.74 Å². The number of carbonyl (C=O) groups is 1. The van der Waals surface area contributed by atoms with Crippen LogP contribution in [0.15, 0.2) is 71.6 Å². The highest BCUT2D eigenvalue weighted by Gasteiger charge is 2.26. The molecule has 28 heavy (non-hydrogen) atoms. The molecule has 144 valence electrons. The molecule has 0 radical (unpaired) electrons. The molecule has 7 heteroatoms. The zero-order valence-electron chi connectivity index (χ0n) is 15.1. The van der Waals surface area contributed by atoms with Gasteiger partial charge in [0.25, 0.3) is 0 Å². The highest BCUT2D eigenvalue weighted by atomic mass is 32.2. The molecule has 6 nitrogen and oxygen atoms in total. The van der Waals surface area contributed by atoms with E-state index in [1.807, 2.05) is 36.4 Å². The fourth-order valence-electron chi connectivity index (χ4n) is 3.14. The van der Waals surface area contributed by atoms with Gasteiger partial charge in [-0.05, 0) is 35.7 Å². The van der Waals surface area contributed by atoms with Gasteiger partial charge in [0, 0.05) is 18.5 Å². The third-order valence-corrected chi connectivity index (χ3v) is 6.56. The fraction of sp³-hybridized carbons (Fsp3) is 0.190. The lowest BCUT2D eigenvalue weighted by Crippen LogP contribution is -2.40. The van der Waals surface area contributed by atoms with Crippen molar-refractivity contribution in [2.24, 2.45) is 0 Å². The fourth-order valence-corrected chi connectivity index (χ4v) is 4.55. The largest absolute Gasteiger partial charge is 0.422 e. The molecule has 1 aliphatic heterocycles. The number of hydrogen-bond donors (Lipinski definition) is 0. The molecule has 0 aromatic heterocycles. The summed E-state index contributed by atoms with van der Waals surface area (Å²) in [5.41, 5.74) is 0.286. The Morgan fingerprint density at radius 1 is 0.893 bits per heavy atom. The predicted molar refractivity (Wildman–Crippen MR) is 105 cm³/mol. The van der Waals surface area contributed by atoms with Crippen molar-refractivity contribution in [2.75, 3.05) is 26.3 Å². The first-order valence-electron chi connectivity index (χ1n) is 8.93. The highest BCUT2D eigenvalue weighted by Crippen LogP contribution is 2.26. The van der Waals surface area contributed by atoms with Crippen molar-refractivity contribution in [1.82, 2.24) is 4.31 Å². The van der Waals surface area contributed by atoms with Gasteiger partial charge >= 0.3 is 5.97 Å². The van der Waals surface area contributed by atoms with E-state index in [9.17, 15) is 13.2 Å². The minimum Gasteiger partial charge on any atom is -0.422 e. The number of morpholine rings is 1. The second-order valence-electron chi connectivity index (χ2n) is 6.41. The summed E-state index contributed by atoms with van der Waals surface area (Å²) in [7, 11) is -3.59. The van der Waals surface area contributed by atoms with Gasteiger partial charge in [-0.2, -0.15) is 4.31 Å². The molecule has 1 aliphatic rings. The van der Waals surface area contributed by atoms with E-state index in [1.54, 1.807) is 6.07 Å². The Morgan fingerprint density at radius 2 is 1.57 bits per heavy atom. The van der Waals surface area contributed by atoms with Crippen LogP contribution in [0.4, 0.5) is 0 Å². The Hall–Kier alpha value is -2.74. The summed E-state index contributed by atoms with van der Waals surface area (Å²) in [5.74, 6) is -0.0696. The smallest absolute Gasteiger partial charge is 0.343 e.